The second kappa shape index (κ2) is 8.57. The van der Waals surface area contributed by atoms with Crippen molar-refractivity contribution in [1.29, 1.82) is 5.26 Å². The van der Waals surface area contributed by atoms with Crippen molar-refractivity contribution in [2.75, 3.05) is 0 Å². The highest BCUT2D eigenvalue weighted by Gasteiger charge is 1.98. The quantitative estimate of drug-likeness (QED) is 0.653. The van der Waals surface area contributed by atoms with Gasteiger partial charge in [-0.1, -0.05) is 23.7 Å². The minimum Gasteiger partial charge on any atom is -0.489 e. The minimum absolute atomic E-state index is 0.213. The van der Waals surface area contributed by atoms with Crippen LogP contribution in [-0.2, 0) is 11.4 Å². The van der Waals surface area contributed by atoms with Gasteiger partial charge in [0.2, 0.25) is 0 Å². The number of hydrazone groups is 1. The molecule has 0 aliphatic carbocycles. The zero-order chi connectivity index (χ0) is 16.5. The summed E-state index contributed by atoms with van der Waals surface area (Å²) in [6.07, 6.45) is 1.28. The zero-order valence-electron chi connectivity index (χ0n) is 12.2. The van der Waals surface area contributed by atoms with E-state index >= 15 is 0 Å². The lowest BCUT2D eigenvalue weighted by Crippen LogP contribution is -2.16. The van der Waals surface area contributed by atoms with Gasteiger partial charge in [-0.05, 0) is 47.5 Å². The fraction of sp³-hybridized carbons (Fsp3) is 0.118. The Morgan fingerprint density at radius 3 is 2.57 bits per heavy atom. The van der Waals surface area contributed by atoms with Gasteiger partial charge in [0.1, 0.15) is 18.8 Å². The zero-order valence-corrected chi connectivity index (χ0v) is 13.0. The molecule has 2 aromatic carbocycles. The van der Waals surface area contributed by atoms with E-state index in [0.717, 1.165) is 16.9 Å². The molecule has 0 heterocycles. The second-order valence-electron chi connectivity index (χ2n) is 4.61. The van der Waals surface area contributed by atoms with E-state index in [1.807, 2.05) is 48.5 Å². The third-order valence-corrected chi connectivity index (χ3v) is 3.09. The average Bonchev–Trinajstić information content (AvgIpc) is 2.56. The summed E-state index contributed by atoms with van der Waals surface area (Å²) in [5.41, 5.74) is 4.10. The number of hydrogen-bond acceptors (Lipinski definition) is 4. The van der Waals surface area contributed by atoms with Crippen molar-refractivity contribution in [2.45, 2.75) is 13.0 Å². The van der Waals surface area contributed by atoms with Crippen LogP contribution in [0.15, 0.2) is 53.6 Å². The first-order valence-electron chi connectivity index (χ1n) is 6.83. The van der Waals surface area contributed by atoms with Gasteiger partial charge in [-0.25, -0.2) is 5.43 Å². The molecule has 116 valence electrons. The number of ether oxygens (including phenoxy) is 1. The fourth-order valence-electron chi connectivity index (χ4n) is 1.69. The number of nitriles is 1. The molecule has 1 N–H and O–H groups in total. The van der Waals surface area contributed by atoms with E-state index in [2.05, 4.69) is 10.5 Å². The molecule has 0 radical (unpaired) electrons. The van der Waals surface area contributed by atoms with Gasteiger partial charge in [0, 0.05) is 5.02 Å². The van der Waals surface area contributed by atoms with Crippen molar-refractivity contribution < 1.29 is 9.53 Å². The fourth-order valence-corrected chi connectivity index (χ4v) is 1.81. The lowest BCUT2D eigenvalue weighted by molar-refractivity contribution is -0.120. The Hall–Kier alpha value is -2.84. The summed E-state index contributed by atoms with van der Waals surface area (Å²) >= 11 is 5.83. The molecule has 0 spiro atoms. The molecule has 0 aromatic heterocycles. The van der Waals surface area contributed by atoms with E-state index in [1.165, 1.54) is 6.21 Å². The van der Waals surface area contributed by atoms with Crippen molar-refractivity contribution >= 4 is 23.7 Å². The van der Waals surface area contributed by atoms with Gasteiger partial charge >= 0.3 is 0 Å². The number of halogens is 1. The van der Waals surface area contributed by atoms with Crippen molar-refractivity contribution in [3.8, 4) is 11.8 Å². The number of hydrogen-bond donors (Lipinski definition) is 1. The summed E-state index contributed by atoms with van der Waals surface area (Å²) in [6, 6.07) is 16.5. The highest BCUT2D eigenvalue weighted by atomic mass is 35.5. The predicted octanol–water partition coefficient (Wildman–Crippen LogP) is 3.28. The molecule has 0 aliphatic rings. The molecule has 5 nitrogen and oxygen atoms in total. The van der Waals surface area contributed by atoms with E-state index in [9.17, 15) is 4.79 Å². The summed E-state index contributed by atoms with van der Waals surface area (Å²) < 4.78 is 5.67. The maximum atomic E-state index is 11.1. The number of carbonyl (C=O) groups is 1. The SMILES string of the molecule is N#CCC(=O)N/N=C/c1ccc(OCc2ccc(Cl)cc2)cc1. The number of carbonyl (C=O) groups excluding carboxylic acids is 1. The van der Waals surface area contributed by atoms with Crippen LogP contribution in [0.4, 0.5) is 0 Å². The third kappa shape index (κ3) is 5.81. The first-order valence-corrected chi connectivity index (χ1v) is 7.21. The molecule has 1 amide bonds. The van der Waals surface area contributed by atoms with Crippen molar-refractivity contribution in [2.24, 2.45) is 5.10 Å². The Bertz CT molecular complexity index is 719. The lowest BCUT2D eigenvalue weighted by atomic mass is 10.2. The lowest BCUT2D eigenvalue weighted by Gasteiger charge is -2.06. The predicted molar refractivity (Wildman–Crippen MR) is 88.2 cm³/mol. The van der Waals surface area contributed by atoms with E-state index in [1.54, 1.807) is 6.07 Å². The van der Waals surface area contributed by atoms with E-state index in [0.29, 0.717) is 11.6 Å². The molecule has 0 fully saturated rings. The molecule has 0 bridgehead atoms. The van der Waals surface area contributed by atoms with Crippen LogP contribution >= 0.6 is 11.6 Å². The van der Waals surface area contributed by atoms with Crippen LogP contribution in [0.5, 0.6) is 5.75 Å². The van der Waals surface area contributed by atoms with E-state index < -0.39 is 5.91 Å². The largest absolute Gasteiger partial charge is 0.489 e. The molecule has 6 heteroatoms. The average molecular weight is 328 g/mol. The highest BCUT2D eigenvalue weighted by Crippen LogP contribution is 2.15. The number of nitrogens with zero attached hydrogens (tertiary/aromatic N) is 2. The Morgan fingerprint density at radius 1 is 1.22 bits per heavy atom. The maximum Gasteiger partial charge on any atom is 0.254 e. The van der Waals surface area contributed by atoms with Crippen LogP contribution < -0.4 is 10.2 Å². The Kier molecular flexibility index (Phi) is 6.16. The summed E-state index contributed by atoms with van der Waals surface area (Å²) in [4.78, 5) is 11.1. The molecular formula is C17H14ClN3O2. The van der Waals surface area contributed by atoms with Crippen molar-refractivity contribution in [3.63, 3.8) is 0 Å². The molecular weight excluding hydrogens is 314 g/mol. The van der Waals surface area contributed by atoms with Gasteiger partial charge < -0.3 is 4.74 Å². The van der Waals surface area contributed by atoms with Crippen LogP contribution in [0.2, 0.25) is 5.02 Å². The Labute approximate surface area is 139 Å². The van der Waals surface area contributed by atoms with E-state index in [4.69, 9.17) is 21.6 Å². The number of nitrogens with one attached hydrogen (secondary N) is 1. The van der Waals surface area contributed by atoms with Crippen molar-refractivity contribution in [3.05, 3.63) is 64.7 Å². The maximum absolute atomic E-state index is 11.1. The first-order chi connectivity index (χ1) is 11.2. The van der Waals surface area contributed by atoms with Crippen LogP contribution in [0, 0.1) is 11.3 Å². The molecule has 2 rings (SSSR count). The summed E-state index contributed by atoms with van der Waals surface area (Å²) in [5.74, 6) is 0.289. The van der Waals surface area contributed by atoms with Gasteiger partial charge in [-0.15, -0.1) is 0 Å². The monoisotopic (exact) mass is 327 g/mol. The molecule has 0 saturated carbocycles. The van der Waals surface area contributed by atoms with Crippen LogP contribution in [-0.4, -0.2) is 12.1 Å². The topological polar surface area (TPSA) is 74.5 Å². The van der Waals surface area contributed by atoms with E-state index in [-0.39, 0.29) is 6.42 Å². The summed E-state index contributed by atoms with van der Waals surface area (Å²) in [7, 11) is 0. The molecule has 0 unspecified atom stereocenters. The normalized spacial score (nSPS) is 10.3. The highest BCUT2D eigenvalue weighted by molar-refractivity contribution is 6.30. The summed E-state index contributed by atoms with van der Waals surface area (Å²) in [6.45, 7) is 0.453. The minimum atomic E-state index is -0.438. The third-order valence-electron chi connectivity index (χ3n) is 2.84. The number of rotatable bonds is 6. The standard InChI is InChI=1S/C17H14ClN3O2/c18-15-5-1-14(2-6-15)12-23-16-7-3-13(4-8-16)11-20-21-17(22)9-10-19/h1-8,11H,9,12H2,(H,21,22)/b20-11+. The number of benzene rings is 2. The summed E-state index contributed by atoms with van der Waals surface area (Å²) in [5, 5.41) is 12.8. The first kappa shape index (κ1) is 16.5. The molecule has 0 aliphatic heterocycles. The Morgan fingerprint density at radius 2 is 1.91 bits per heavy atom. The molecule has 0 saturated heterocycles. The molecule has 23 heavy (non-hydrogen) atoms. The Balaban J connectivity index is 1.84. The second-order valence-corrected chi connectivity index (χ2v) is 5.05. The smallest absolute Gasteiger partial charge is 0.254 e. The van der Waals surface area contributed by atoms with Gasteiger partial charge in [0.15, 0.2) is 0 Å². The van der Waals surface area contributed by atoms with Crippen molar-refractivity contribution in [1.82, 2.24) is 5.43 Å². The van der Waals surface area contributed by atoms with Crippen LogP contribution in [0.25, 0.3) is 0 Å². The van der Waals surface area contributed by atoms with Gasteiger partial charge in [0.05, 0.1) is 12.3 Å². The molecule has 0 atom stereocenters. The number of amides is 1. The molecule has 2 aromatic rings. The van der Waals surface area contributed by atoms with Gasteiger partial charge in [-0.2, -0.15) is 10.4 Å². The van der Waals surface area contributed by atoms with Gasteiger partial charge in [-0.3, -0.25) is 4.79 Å². The van der Waals surface area contributed by atoms with Gasteiger partial charge in [0.25, 0.3) is 5.91 Å². The van der Waals surface area contributed by atoms with Crippen LogP contribution in [0.3, 0.4) is 0 Å². The van der Waals surface area contributed by atoms with Crippen LogP contribution in [0.1, 0.15) is 17.5 Å².